The summed E-state index contributed by atoms with van der Waals surface area (Å²) in [6.45, 7) is 2.25. The van der Waals surface area contributed by atoms with E-state index in [-0.39, 0.29) is 11.5 Å². The molecule has 3 unspecified atom stereocenters. The van der Waals surface area contributed by atoms with Crippen LogP contribution in [0.4, 0.5) is 0 Å². The summed E-state index contributed by atoms with van der Waals surface area (Å²) < 4.78 is 5.85. The maximum atomic E-state index is 9.45. The molecule has 96 valence electrons. The molecule has 2 rings (SSSR count). The number of nitrogens with zero attached hydrogens (tertiary/aromatic N) is 1. The van der Waals surface area contributed by atoms with E-state index < -0.39 is 0 Å². The highest BCUT2D eigenvalue weighted by Crippen LogP contribution is 2.50. The summed E-state index contributed by atoms with van der Waals surface area (Å²) in [7, 11) is 0. The predicted molar refractivity (Wildman–Crippen MR) is 68.6 cm³/mol. The topological polar surface area (TPSA) is 33.0 Å². The van der Waals surface area contributed by atoms with E-state index >= 15 is 0 Å². The van der Waals surface area contributed by atoms with Gasteiger partial charge in [0.25, 0.3) is 0 Å². The van der Waals surface area contributed by atoms with Crippen LogP contribution in [0.25, 0.3) is 0 Å². The quantitative estimate of drug-likeness (QED) is 0.620. The van der Waals surface area contributed by atoms with E-state index in [0.717, 1.165) is 19.3 Å². The summed E-state index contributed by atoms with van der Waals surface area (Å²) in [5.41, 5.74) is -0.117. The lowest BCUT2D eigenvalue weighted by Crippen LogP contribution is -2.30. The monoisotopic (exact) mass is 235 g/mol. The van der Waals surface area contributed by atoms with Gasteiger partial charge in [-0.1, -0.05) is 45.4 Å². The minimum absolute atomic E-state index is 0.117. The Labute approximate surface area is 105 Å². The van der Waals surface area contributed by atoms with Crippen molar-refractivity contribution in [2.75, 3.05) is 0 Å². The molecule has 0 aromatic carbocycles. The van der Waals surface area contributed by atoms with Crippen LogP contribution in [-0.2, 0) is 4.74 Å². The van der Waals surface area contributed by atoms with Crippen molar-refractivity contribution in [1.82, 2.24) is 0 Å². The van der Waals surface area contributed by atoms with E-state index in [1.54, 1.807) is 0 Å². The first-order chi connectivity index (χ1) is 8.30. The Balaban J connectivity index is 1.69. The zero-order chi connectivity index (χ0) is 12.1. The molecule has 2 nitrogen and oxygen atoms in total. The van der Waals surface area contributed by atoms with Crippen LogP contribution in [0.3, 0.4) is 0 Å². The van der Waals surface area contributed by atoms with Crippen LogP contribution in [0.5, 0.6) is 0 Å². The lowest BCUT2D eigenvalue weighted by atomic mass is 9.72. The van der Waals surface area contributed by atoms with Gasteiger partial charge in [-0.2, -0.15) is 5.26 Å². The van der Waals surface area contributed by atoms with Crippen LogP contribution in [0.15, 0.2) is 0 Å². The molecule has 0 aromatic rings. The van der Waals surface area contributed by atoms with E-state index in [1.165, 1.54) is 44.9 Å². The highest BCUT2D eigenvalue weighted by molar-refractivity contribution is 5.12. The van der Waals surface area contributed by atoms with Crippen molar-refractivity contribution in [1.29, 1.82) is 5.26 Å². The van der Waals surface area contributed by atoms with Crippen molar-refractivity contribution in [2.24, 2.45) is 5.41 Å². The van der Waals surface area contributed by atoms with Gasteiger partial charge < -0.3 is 4.74 Å². The Morgan fingerprint density at radius 3 is 2.53 bits per heavy atom. The van der Waals surface area contributed by atoms with Crippen LogP contribution in [0.2, 0.25) is 0 Å². The van der Waals surface area contributed by atoms with Crippen molar-refractivity contribution >= 4 is 0 Å². The SMILES string of the molecule is CCCCCCCCC1(C#N)CC2CCC1O2. The Hall–Kier alpha value is -0.550. The van der Waals surface area contributed by atoms with Gasteiger partial charge in [0, 0.05) is 0 Å². The summed E-state index contributed by atoms with van der Waals surface area (Å²) in [5.74, 6) is 0. The van der Waals surface area contributed by atoms with Gasteiger partial charge in [-0.05, 0) is 25.7 Å². The van der Waals surface area contributed by atoms with Gasteiger partial charge >= 0.3 is 0 Å². The van der Waals surface area contributed by atoms with Crippen LogP contribution < -0.4 is 0 Å². The Morgan fingerprint density at radius 2 is 1.94 bits per heavy atom. The maximum Gasteiger partial charge on any atom is 0.0859 e. The van der Waals surface area contributed by atoms with Gasteiger partial charge in [0.05, 0.1) is 23.7 Å². The molecule has 2 heterocycles. The number of hydrogen-bond acceptors (Lipinski definition) is 2. The van der Waals surface area contributed by atoms with E-state index in [4.69, 9.17) is 4.74 Å². The Morgan fingerprint density at radius 1 is 1.18 bits per heavy atom. The molecule has 0 N–H and O–H groups in total. The number of ether oxygens (including phenoxy) is 1. The molecule has 3 atom stereocenters. The number of rotatable bonds is 7. The van der Waals surface area contributed by atoms with Crippen molar-refractivity contribution < 1.29 is 4.74 Å². The minimum Gasteiger partial charge on any atom is -0.373 e. The van der Waals surface area contributed by atoms with E-state index in [2.05, 4.69) is 13.0 Å². The standard InChI is InChI=1S/C15H25NO/c1-2-3-4-5-6-7-10-15(12-16)11-13-8-9-14(15)17-13/h13-14H,2-11H2,1H3. The van der Waals surface area contributed by atoms with E-state index in [9.17, 15) is 5.26 Å². The molecule has 2 heteroatoms. The molecule has 0 radical (unpaired) electrons. The van der Waals surface area contributed by atoms with Crippen molar-refractivity contribution in [3.8, 4) is 6.07 Å². The molecule has 2 fully saturated rings. The van der Waals surface area contributed by atoms with Crippen LogP contribution in [-0.4, -0.2) is 12.2 Å². The first-order valence-electron chi connectivity index (χ1n) is 7.37. The molecular formula is C15H25NO. The third-order valence-corrected chi connectivity index (χ3v) is 4.51. The molecule has 2 aliphatic heterocycles. The van der Waals surface area contributed by atoms with Crippen molar-refractivity contribution in [2.45, 2.75) is 83.3 Å². The Kier molecular flexibility index (Phi) is 4.45. The van der Waals surface area contributed by atoms with Crippen LogP contribution in [0.1, 0.15) is 71.1 Å². The molecule has 2 aliphatic rings. The Bertz CT molecular complexity index is 283. The summed E-state index contributed by atoms with van der Waals surface area (Å²) in [6.07, 6.45) is 12.9. The molecule has 17 heavy (non-hydrogen) atoms. The van der Waals surface area contributed by atoms with Gasteiger partial charge in [0.15, 0.2) is 0 Å². The average Bonchev–Trinajstić information content (AvgIpc) is 2.94. The highest BCUT2D eigenvalue weighted by Gasteiger charge is 2.52. The highest BCUT2D eigenvalue weighted by atomic mass is 16.5. The molecule has 0 aromatic heterocycles. The average molecular weight is 235 g/mol. The second-order valence-electron chi connectivity index (χ2n) is 5.81. The summed E-state index contributed by atoms with van der Waals surface area (Å²) in [4.78, 5) is 0. The van der Waals surface area contributed by atoms with Crippen molar-refractivity contribution in [3.63, 3.8) is 0 Å². The van der Waals surface area contributed by atoms with E-state index in [1.807, 2.05) is 0 Å². The minimum atomic E-state index is -0.117. The lowest BCUT2D eigenvalue weighted by molar-refractivity contribution is 0.0755. The zero-order valence-corrected chi connectivity index (χ0v) is 11.1. The summed E-state index contributed by atoms with van der Waals surface area (Å²) >= 11 is 0. The molecule has 0 amide bonds. The van der Waals surface area contributed by atoms with Crippen molar-refractivity contribution in [3.05, 3.63) is 0 Å². The molecule has 0 saturated carbocycles. The fourth-order valence-electron chi connectivity index (χ4n) is 3.46. The fraction of sp³-hybridized carbons (Fsp3) is 0.933. The second kappa shape index (κ2) is 5.87. The smallest absolute Gasteiger partial charge is 0.0859 e. The van der Waals surface area contributed by atoms with Gasteiger partial charge in [0.1, 0.15) is 0 Å². The normalized spacial score (nSPS) is 35.1. The molecule has 2 saturated heterocycles. The van der Waals surface area contributed by atoms with Crippen LogP contribution in [0, 0.1) is 16.7 Å². The molecule has 0 spiro atoms. The summed E-state index contributed by atoms with van der Waals surface area (Å²) in [5, 5.41) is 9.45. The van der Waals surface area contributed by atoms with Gasteiger partial charge in [-0.15, -0.1) is 0 Å². The number of fused-ring (bicyclic) bond motifs is 2. The molecule has 0 aliphatic carbocycles. The third-order valence-electron chi connectivity index (χ3n) is 4.51. The molecule has 2 bridgehead atoms. The fourth-order valence-corrected chi connectivity index (χ4v) is 3.46. The third kappa shape index (κ3) is 2.83. The van der Waals surface area contributed by atoms with Crippen LogP contribution >= 0.6 is 0 Å². The first kappa shape index (κ1) is 12.9. The lowest BCUT2D eigenvalue weighted by Gasteiger charge is -2.28. The van der Waals surface area contributed by atoms with E-state index in [0.29, 0.717) is 6.10 Å². The van der Waals surface area contributed by atoms with Gasteiger partial charge in [-0.25, -0.2) is 0 Å². The van der Waals surface area contributed by atoms with Gasteiger partial charge in [0.2, 0.25) is 0 Å². The predicted octanol–water partition coefficient (Wildman–Crippen LogP) is 4.20. The maximum absolute atomic E-state index is 9.45. The zero-order valence-electron chi connectivity index (χ0n) is 11.1. The second-order valence-corrected chi connectivity index (χ2v) is 5.81. The first-order valence-corrected chi connectivity index (χ1v) is 7.37. The summed E-state index contributed by atoms with van der Waals surface area (Å²) in [6, 6.07) is 2.59. The van der Waals surface area contributed by atoms with Gasteiger partial charge in [-0.3, -0.25) is 0 Å². The largest absolute Gasteiger partial charge is 0.373 e. The number of nitriles is 1. The molecular weight excluding hydrogens is 210 g/mol. The number of unbranched alkanes of at least 4 members (excludes halogenated alkanes) is 5. The number of hydrogen-bond donors (Lipinski definition) is 0.